The largest absolute Gasteiger partial charge is 0.453 e. The van der Waals surface area contributed by atoms with E-state index in [-0.39, 0.29) is 13.0 Å². The zero-order valence-electron chi connectivity index (χ0n) is 10.0. The van der Waals surface area contributed by atoms with Crippen LogP contribution in [0.5, 0.6) is 0 Å². The number of amides is 1. The van der Waals surface area contributed by atoms with Gasteiger partial charge in [0.2, 0.25) is 5.91 Å². The lowest BCUT2D eigenvalue weighted by Crippen LogP contribution is -2.27. The van der Waals surface area contributed by atoms with Crippen LogP contribution in [-0.4, -0.2) is 32.8 Å². The predicted octanol–water partition coefficient (Wildman–Crippen LogP) is 1.46. The maximum absolute atomic E-state index is 11.2. The number of carbonyl (C=O) groups is 1. The molecule has 0 saturated carbocycles. The van der Waals surface area contributed by atoms with Gasteiger partial charge in [-0.1, -0.05) is 13.8 Å². The van der Waals surface area contributed by atoms with Crippen LogP contribution in [0, 0.1) is 0 Å². The SMILES string of the molecule is CCCNC(=O)CCOB(C)OCCC. The van der Waals surface area contributed by atoms with E-state index in [1.165, 1.54) is 0 Å². The fourth-order valence-corrected chi connectivity index (χ4v) is 1.00. The Balaban J connectivity index is 3.31. The van der Waals surface area contributed by atoms with Gasteiger partial charge in [-0.2, -0.15) is 0 Å². The highest BCUT2D eigenvalue weighted by atomic mass is 16.6. The molecule has 0 atom stereocenters. The Morgan fingerprint density at radius 1 is 1.20 bits per heavy atom. The van der Waals surface area contributed by atoms with E-state index >= 15 is 0 Å². The lowest BCUT2D eigenvalue weighted by molar-refractivity contribution is -0.121. The van der Waals surface area contributed by atoms with Crippen LogP contribution < -0.4 is 5.32 Å². The summed E-state index contributed by atoms with van der Waals surface area (Å²) in [5, 5.41) is 2.79. The van der Waals surface area contributed by atoms with Gasteiger partial charge in [-0.3, -0.25) is 4.79 Å². The second-order valence-corrected chi connectivity index (χ2v) is 3.41. The molecule has 0 aromatic carbocycles. The molecule has 0 rings (SSSR count). The van der Waals surface area contributed by atoms with Crippen molar-refractivity contribution in [3.8, 4) is 0 Å². The van der Waals surface area contributed by atoms with Gasteiger partial charge in [-0.15, -0.1) is 0 Å². The highest BCUT2D eigenvalue weighted by molar-refractivity contribution is 6.42. The van der Waals surface area contributed by atoms with Crippen LogP contribution in [0.1, 0.15) is 33.1 Å². The standard InChI is InChI=1S/C10H22BNO3/c1-4-7-12-10(13)6-9-15-11(3)14-8-5-2/h4-9H2,1-3H3,(H,12,13). The molecule has 1 N–H and O–H groups in total. The number of hydrogen-bond acceptors (Lipinski definition) is 3. The first-order chi connectivity index (χ1) is 7.20. The van der Waals surface area contributed by atoms with Gasteiger partial charge < -0.3 is 14.6 Å². The van der Waals surface area contributed by atoms with Gasteiger partial charge in [0, 0.05) is 26.2 Å². The van der Waals surface area contributed by atoms with Crippen LogP contribution >= 0.6 is 0 Å². The molecule has 0 aromatic rings. The van der Waals surface area contributed by atoms with Gasteiger partial charge >= 0.3 is 7.12 Å². The summed E-state index contributed by atoms with van der Waals surface area (Å²) in [6.45, 7) is 7.77. The molecule has 0 aliphatic rings. The summed E-state index contributed by atoms with van der Waals surface area (Å²) in [6.07, 6.45) is 2.34. The molecule has 1 amide bonds. The number of carbonyl (C=O) groups excluding carboxylic acids is 1. The number of rotatable bonds is 9. The molecule has 0 unspecified atom stereocenters. The first-order valence-electron chi connectivity index (χ1n) is 5.70. The first kappa shape index (κ1) is 14.5. The van der Waals surface area contributed by atoms with E-state index < -0.39 is 0 Å². The van der Waals surface area contributed by atoms with Crippen LogP contribution in [0.15, 0.2) is 0 Å². The topological polar surface area (TPSA) is 47.6 Å². The summed E-state index contributed by atoms with van der Waals surface area (Å²) >= 11 is 0. The summed E-state index contributed by atoms with van der Waals surface area (Å²) in [6, 6.07) is 0. The molecule has 4 nitrogen and oxygen atoms in total. The molecule has 0 spiro atoms. The van der Waals surface area contributed by atoms with E-state index in [4.69, 9.17) is 9.31 Å². The molecule has 15 heavy (non-hydrogen) atoms. The van der Waals surface area contributed by atoms with Crippen LogP contribution in [0.3, 0.4) is 0 Å². The molecule has 0 radical (unpaired) electrons. The monoisotopic (exact) mass is 215 g/mol. The molecule has 88 valence electrons. The quantitative estimate of drug-likeness (QED) is 0.592. The van der Waals surface area contributed by atoms with Crippen molar-refractivity contribution >= 4 is 13.0 Å². The maximum Gasteiger partial charge on any atom is 0.453 e. The zero-order chi connectivity index (χ0) is 11.5. The minimum Gasteiger partial charge on any atom is -0.411 e. The molecular weight excluding hydrogens is 193 g/mol. The van der Waals surface area contributed by atoms with Gasteiger partial charge in [0.1, 0.15) is 0 Å². The molecule has 0 bridgehead atoms. The fraction of sp³-hybridized carbons (Fsp3) is 0.900. The summed E-state index contributed by atoms with van der Waals surface area (Å²) < 4.78 is 10.6. The van der Waals surface area contributed by atoms with Crippen LogP contribution in [0.4, 0.5) is 0 Å². The first-order valence-corrected chi connectivity index (χ1v) is 5.70. The minimum absolute atomic E-state index is 0.0412. The Kier molecular flexibility index (Phi) is 9.63. The number of nitrogens with one attached hydrogen (secondary N) is 1. The van der Waals surface area contributed by atoms with E-state index in [9.17, 15) is 4.79 Å². The maximum atomic E-state index is 11.2. The third-order valence-electron chi connectivity index (χ3n) is 1.81. The van der Waals surface area contributed by atoms with Crippen molar-refractivity contribution in [2.75, 3.05) is 19.8 Å². The van der Waals surface area contributed by atoms with Crippen molar-refractivity contribution in [2.45, 2.75) is 39.9 Å². The second kappa shape index (κ2) is 9.99. The van der Waals surface area contributed by atoms with Gasteiger partial charge in [-0.25, -0.2) is 0 Å². The van der Waals surface area contributed by atoms with Crippen molar-refractivity contribution < 1.29 is 14.1 Å². The van der Waals surface area contributed by atoms with E-state index in [1.54, 1.807) is 0 Å². The Labute approximate surface area is 92.9 Å². The van der Waals surface area contributed by atoms with Crippen molar-refractivity contribution in [1.82, 2.24) is 5.32 Å². The molecule has 0 heterocycles. The number of hydrogen-bond donors (Lipinski definition) is 1. The highest BCUT2D eigenvalue weighted by Crippen LogP contribution is 1.92. The third-order valence-corrected chi connectivity index (χ3v) is 1.81. The average molecular weight is 215 g/mol. The predicted molar refractivity (Wildman–Crippen MR) is 61.7 cm³/mol. The van der Waals surface area contributed by atoms with Crippen molar-refractivity contribution in [1.29, 1.82) is 0 Å². The summed E-state index contributed by atoms with van der Waals surface area (Å²) in [4.78, 5) is 11.2. The lowest BCUT2D eigenvalue weighted by atomic mass is 9.95. The normalized spacial score (nSPS) is 10.1. The molecular formula is C10H22BNO3. The van der Waals surface area contributed by atoms with E-state index in [0.717, 1.165) is 19.4 Å². The van der Waals surface area contributed by atoms with Crippen molar-refractivity contribution in [3.05, 3.63) is 0 Å². The molecule has 0 aliphatic heterocycles. The Morgan fingerprint density at radius 3 is 2.47 bits per heavy atom. The van der Waals surface area contributed by atoms with Crippen LogP contribution in [0.2, 0.25) is 6.82 Å². The third kappa shape index (κ3) is 9.75. The Morgan fingerprint density at radius 2 is 1.87 bits per heavy atom. The smallest absolute Gasteiger partial charge is 0.411 e. The lowest BCUT2D eigenvalue weighted by Gasteiger charge is -2.09. The fourth-order valence-electron chi connectivity index (χ4n) is 1.00. The van der Waals surface area contributed by atoms with Gasteiger partial charge in [-0.05, 0) is 19.7 Å². The van der Waals surface area contributed by atoms with Gasteiger partial charge in [0.05, 0.1) is 0 Å². The van der Waals surface area contributed by atoms with E-state index in [0.29, 0.717) is 19.6 Å². The van der Waals surface area contributed by atoms with Crippen LogP contribution in [0.25, 0.3) is 0 Å². The highest BCUT2D eigenvalue weighted by Gasteiger charge is 2.10. The summed E-state index contributed by atoms with van der Waals surface area (Å²) in [5.74, 6) is 0.0412. The molecule has 0 saturated heterocycles. The van der Waals surface area contributed by atoms with Crippen molar-refractivity contribution in [3.63, 3.8) is 0 Å². The van der Waals surface area contributed by atoms with Crippen molar-refractivity contribution in [2.24, 2.45) is 0 Å². The van der Waals surface area contributed by atoms with Crippen LogP contribution in [-0.2, 0) is 14.1 Å². The minimum atomic E-state index is -0.219. The Hall–Kier alpha value is -0.545. The van der Waals surface area contributed by atoms with E-state index in [1.807, 2.05) is 20.7 Å². The molecule has 0 fully saturated rings. The zero-order valence-corrected chi connectivity index (χ0v) is 10.0. The molecule has 0 aliphatic carbocycles. The van der Waals surface area contributed by atoms with E-state index in [2.05, 4.69) is 5.32 Å². The average Bonchev–Trinajstić information content (AvgIpc) is 2.23. The van der Waals surface area contributed by atoms with Gasteiger partial charge in [0.15, 0.2) is 0 Å². The molecule has 0 aromatic heterocycles. The second-order valence-electron chi connectivity index (χ2n) is 3.41. The Bertz CT molecular complexity index is 167. The van der Waals surface area contributed by atoms with Gasteiger partial charge in [0.25, 0.3) is 0 Å². The summed E-state index contributed by atoms with van der Waals surface area (Å²) in [7, 11) is -0.219. The molecule has 5 heteroatoms. The summed E-state index contributed by atoms with van der Waals surface area (Å²) in [5.41, 5.74) is 0.